The quantitative estimate of drug-likeness (QED) is 0.114. The molecule has 0 saturated heterocycles. The highest BCUT2D eigenvalue weighted by molar-refractivity contribution is 6.01. The van der Waals surface area contributed by atoms with Crippen LogP contribution in [0.15, 0.2) is 364 Å². The predicted octanol–water partition coefficient (Wildman–Crippen LogP) is 29.5. The lowest BCUT2D eigenvalue weighted by Crippen LogP contribution is -2.17. The van der Waals surface area contributed by atoms with Crippen molar-refractivity contribution in [3.05, 3.63) is 408 Å². The topological polar surface area (TPSA) is 6.48 Å². The third-order valence-electron chi connectivity index (χ3n) is 25.1. The van der Waals surface area contributed by atoms with Gasteiger partial charge in [-0.15, -0.1) is 0 Å². The van der Waals surface area contributed by atoms with Crippen LogP contribution >= 0.6 is 0 Å². The molecule has 16 aromatic carbocycles. The highest BCUT2D eigenvalue weighted by atomic mass is 15.2. The van der Waals surface area contributed by atoms with Gasteiger partial charge in [0.2, 0.25) is 0 Å². The lowest BCUT2D eigenvalue weighted by atomic mass is 9.79. The van der Waals surface area contributed by atoms with Gasteiger partial charge in [-0.1, -0.05) is 341 Å². The third-order valence-corrected chi connectivity index (χ3v) is 25.1. The molecule has 0 aliphatic heterocycles. The fourth-order valence-electron chi connectivity index (χ4n) is 19.5. The van der Waals surface area contributed by atoms with Gasteiger partial charge in [-0.25, -0.2) is 0 Å². The van der Waals surface area contributed by atoms with Gasteiger partial charge in [0, 0.05) is 55.5 Å². The van der Waals surface area contributed by atoms with Crippen molar-refractivity contribution in [1.29, 1.82) is 0 Å². The van der Waals surface area contributed by atoms with Crippen molar-refractivity contribution >= 4 is 34.1 Å². The van der Waals surface area contributed by atoms with Gasteiger partial charge in [0.05, 0.1) is 11.4 Å². The Morgan fingerprint density at radius 1 is 0.164 bits per heavy atom. The molecule has 0 heterocycles. The Morgan fingerprint density at radius 3 is 1.00 bits per heavy atom. The molecule has 0 amide bonds. The molecule has 2 heteroatoms. The molecule has 0 saturated carbocycles. The van der Waals surface area contributed by atoms with Gasteiger partial charge < -0.3 is 9.80 Å². The largest absolute Gasteiger partial charge is 0.310 e. The van der Waals surface area contributed by atoms with E-state index in [0.29, 0.717) is 0 Å². The van der Waals surface area contributed by atoms with Crippen molar-refractivity contribution in [3.8, 4) is 122 Å². The Hall–Kier alpha value is -12.9. The van der Waals surface area contributed by atoms with Crippen molar-refractivity contribution < 1.29 is 0 Å². The second-order valence-electron chi connectivity index (χ2n) is 32.7. The van der Waals surface area contributed by atoms with Crippen LogP contribution in [0.4, 0.5) is 34.1 Å². The molecular formula is C108H84N2. The molecule has 0 atom stereocenters. The molecule has 526 valence electrons. The minimum absolute atomic E-state index is 0.145. The summed E-state index contributed by atoms with van der Waals surface area (Å²) in [4.78, 5) is 5.03. The first-order valence-electron chi connectivity index (χ1n) is 39.0. The van der Waals surface area contributed by atoms with E-state index in [1.807, 2.05) is 0 Å². The molecule has 0 radical (unpaired) electrons. The second-order valence-corrected chi connectivity index (χ2v) is 32.7. The van der Waals surface area contributed by atoms with Crippen LogP contribution in [0, 0.1) is 0 Å². The first-order valence-corrected chi connectivity index (χ1v) is 39.0. The summed E-state index contributed by atoms with van der Waals surface area (Å²) in [6.07, 6.45) is 0. The van der Waals surface area contributed by atoms with E-state index in [1.54, 1.807) is 0 Å². The van der Waals surface area contributed by atoms with Crippen molar-refractivity contribution in [2.45, 2.75) is 77.0 Å². The molecular weight excluding hydrogens is 1330 g/mol. The summed E-state index contributed by atoms with van der Waals surface area (Å²) in [6.45, 7) is 19.2. The van der Waals surface area contributed by atoms with Crippen molar-refractivity contribution in [2.75, 3.05) is 9.80 Å². The number of hydrogen-bond donors (Lipinski definition) is 0. The molecule has 16 aromatic rings. The van der Waals surface area contributed by atoms with Crippen LogP contribution < -0.4 is 9.80 Å². The molecule has 0 N–H and O–H groups in total. The number of rotatable bonds is 13. The van der Waals surface area contributed by atoms with Crippen molar-refractivity contribution in [1.82, 2.24) is 0 Å². The molecule has 0 aromatic heterocycles. The monoisotopic (exact) mass is 1410 g/mol. The predicted molar refractivity (Wildman–Crippen MR) is 464 cm³/mol. The molecule has 0 fully saturated rings. The summed E-state index contributed by atoms with van der Waals surface area (Å²) >= 11 is 0. The van der Waals surface area contributed by atoms with E-state index >= 15 is 0 Å². The van der Waals surface area contributed by atoms with Crippen LogP contribution in [0.5, 0.6) is 0 Å². The van der Waals surface area contributed by atoms with Gasteiger partial charge in [-0.3, -0.25) is 0 Å². The van der Waals surface area contributed by atoms with Gasteiger partial charge in [-0.2, -0.15) is 0 Å². The number of anilines is 6. The lowest BCUT2D eigenvalue weighted by Gasteiger charge is -2.31. The van der Waals surface area contributed by atoms with E-state index in [9.17, 15) is 0 Å². The van der Waals surface area contributed by atoms with Gasteiger partial charge in [-0.05, 0) is 235 Å². The summed E-state index contributed by atoms with van der Waals surface area (Å²) in [6, 6.07) is 137. The van der Waals surface area contributed by atoms with Crippen LogP contribution in [0.25, 0.3) is 122 Å². The van der Waals surface area contributed by atoms with E-state index in [4.69, 9.17) is 0 Å². The highest BCUT2D eigenvalue weighted by Crippen LogP contribution is 2.58. The van der Waals surface area contributed by atoms with Crippen LogP contribution in [0.2, 0.25) is 0 Å². The molecule has 4 aliphatic rings. The minimum atomic E-state index is -0.290. The van der Waals surface area contributed by atoms with Gasteiger partial charge in [0.1, 0.15) is 0 Å². The molecule has 4 aliphatic carbocycles. The fraction of sp³-hybridized carbons (Fsp3) is 0.111. The second kappa shape index (κ2) is 25.4. The molecule has 0 bridgehead atoms. The van der Waals surface area contributed by atoms with E-state index in [0.717, 1.165) is 34.1 Å². The van der Waals surface area contributed by atoms with Crippen LogP contribution in [-0.4, -0.2) is 0 Å². The van der Waals surface area contributed by atoms with Crippen LogP contribution in [-0.2, 0) is 21.7 Å². The van der Waals surface area contributed by atoms with Crippen LogP contribution in [0.1, 0.15) is 99.9 Å². The highest BCUT2D eigenvalue weighted by Gasteiger charge is 2.41. The Labute approximate surface area is 647 Å². The zero-order chi connectivity index (χ0) is 74.4. The standard InChI is InChI=1S/C108H84N2/c1-105(2)93-45-23-21-39-85(93)87-59-56-81(68-98(87)105)110(101-48-28-42-83(70-31-15-10-16-32-70)103(101)73-35-19-12-20-36-73)79-38-25-37-74(63-79)77-51-58-88-91-64-75(52-61-95(91)106(3,4)97(88)66-77)76-53-62-96-92(65-76)89-60-57-80(67-99(89)107(96,5)6)109(100-47-27-41-82(69-29-13-9-14-30-69)102(100)72-33-17-11-18-34-72)78-54-49-71(50-55-78)84-43-26-44-90-86-40-22-24-46-94(86)108(7,8)104(84)90/h9-68H,1-8H3. The maximum Gasteiger partial charge on any atom is 0.0546 e. The normalized spacial score (nSPS) is 14.3. The maximum atomic E-state index is 2.51. The molecule has 110 heavy (non-hydrogen) atoms. The molecule has 2 nitrogen and oxygen atoms in total. The smallest absolute Gasteiger partial charge is 0.0546 e. The van der Waals surface area contributed by atoms with E-state index in [2.05, 4.69) is 429 Å². The SMILES string of the molecule is CC1(C)c2ccc(-c3ccc4c(c3)-c3ccc(N(c5ccc(-c6cccc7c6C(C)(C)c6ccccc6-7)cc5)c5cccc(-c6ccccc6)c5-c5ccccc5)cc3C4(C)C)cc2-c2ccc(-c3cccc(N(c4ccc5c(c4)C(C)(C)c4ccccc4-5)c4cccc(-c5ccccc5)c4-c4ccccc4)c3)cc21. The minimum Gasteiger partial charge on any atom is -0.310 e. The zero-order valence-corrected chi connectivity index (χ0v) is 63.5. The first-order chi connectivity index (χ1) is 53.6. The average Bonchev–Trinajstić information content (AvgIpc) is 1.56. The average molecular weight is 1410 g/mol. The van der Waals surface area contributed by atoms with Crippen molar-refractivity contribution in [3.63, 3.8) is 0 Å². The Morgan fingerprint density at radius 2 is 0.473 bits per heavy atom. The number of benzene rings is 16. The molecule has 0 spiro atoms. The van der Waals surface area contributed by atoms with Gasteiger partial charge >= 0.3 is 0 Å². The van der Waals surface area contributed by atoms with E-state index in [1.165, 1.54) is 167 Å². The molecule has 20 rings (SSSR count). The molecule has 0 unspecified atom stereocenters. The summed E-state index contributed by atoms with van der Waals surface area (Å²) in [5.41, 5.74) is 43.8. The van der Waals surface area contributed by atoms with E-state index < -0.39 is 0 Å². The number of hydrogen-bond acceptors (Lipinski definition) is 2. The summed E-state index contributed by atoms with van der Waals surface area (Å²) < 4.78 is 0. The first kappa shape index (κ1) is 66.5. The van der Waals surface area contributed by atoms with Gasteiger partial charge in [0.15, 0.2) is 0 Å². The Bertz CT molecular complexity index is 6370. The summed E-state index contributed by atoms with van der Waals surface area (Å²) in [5, 5.41) is 0. The van der Waals surface area contributed by atoms with E-state index in [-0.39, 0.29) is 21.7 Å². The maximum absolute atomic E-state index is 2.51. The zero-order valence-electron chi connectivity index (χ0n) is 63.5. The van der Waals surface area contributed by atoms with Gasteiger partial charge in [0.25, 0.3) is 0 Å². The number of fused-ring (bicyclic) bond motifs is 12. The summed E-state index contributed by atoms with van der Waals surface area (Å²) in [7, 11) is 0. The third kappa shape index (κ3) is 10.4. The Balaban J connectivity index is 0.663. The lowest BCUT2D eigenvalue weighted by molar-refractivity contribution is 0.660. The number of nitrogens with zero attached hydrogens (tertiary/aromatic N) is 2. The fourth-order valence-corrected chi connectivity index (χ4v) is 19.5. The van der Waals surface area contributed by atoms with Crippen molar-refractivity contribution in [2.24, 2.45) is 0 Å². The Kier molecular flexibility index (Phi) is 15.4. The van der Waals surface area contributed by atoms with Crippen LogP contribution in [0.3, 0.4) is 0 Å². The summed E-state index contributed by atoms with van der Waals surface area (Å²) in [5.74, 6) is 0.